The van der Waals surface area contributed by atoms with E-state index in [1.807, 2.05) is 0 Å². The van der Waals surface area contributed by atoms with E-state index in [-0.39, 0.29) is 17.6 Å². The van der Waals surface area contributed by atoms with Crippen LogP contribution in [0.5, 0.6) is 0 Å². The van der Waals surface area contributed by atoms with Crippen molar-refractivity contribution in [2.75, 3.05) is 13.2 Å². The molecule has 1 aliphatic heterocycles. The lowest BCUT2D eigenvalue weighted by atomic mass is 10.2. The standard InChI is InChI=1S/C17H19FN2O3/c18-15-8-4-3-7-14(15)13-19-23-12-6-2-1-5-11-20-16(21)9-10-17(20)22/h3-4,7-10,13H,1-2,5-6,11-12H2/i18-1. The topological polar surface area (TPSA) is 59.0 Å². The van der Waals surface area contributed by atoms with Gasteiger partial charge in [-0.2, -0.15) is 0 Å². The van der Waals surface area contributed by atoms with Crippen LogP contribution < -0.4 is 0 Å². The molecule has 2 rings (SSSR count). The third-order valence-corrected chi connectivity index (χ3v) is 3.44. The van der Waals surface area contributed by atoms with Crippen molar-refractivity contribution in [2.24, 2.45) is 5.16 Å². The molecule has 0 saturated carbocycles. The van der Waals surface area contributed by atoms with Crippen molar-refractivity contribution in [3.63, 3.8) is 0 Å². The number of unbranched alkanes of at least 4 members (excludes halogenated alkanes) is 3. The van der Waals surface area contributed by atoms with Crippen molar-refractivity contribution in [1.82, 2.24) is 4.90 Å². The van der Waals surface area contributed by atoms with Gasteiger partial charge in [-0.1, -0.05) is 29.8 Å². The lowest BCUT2D eigenvalue weighted by Gasteiger charge is -2.12. The number of rotatable bonds is 9. The molecule has 6 heteroatoms. The number of hydrogen-bond donors (Lipinski definition) is 0. The van der Waals surface area contributed by atoms with Gasteiger partial charge in [-0.15, -0.1) is 0 Å². The third-order valence-electron chi connectivity index (χ3n) is 3.44. The predicted octanol–water partition coefficient (Wildman–Crippen LogP) is 2.66. The van der Waals surface area contributed by atoms with Crippen molar-refractivity contribution in [3.8, 4) is 0 Å². The van der Waals surface area contributed by atoms with Gasteiger partial charge in [0.05, 0.1) is 6.21 Å². The predicted molar refractivity (Wildman–Crippen MR) is 84.3 cm³/mol. The number of carbonyl (C=O) groups excluding carboxylic acids is 2. The monoisotopic (exact) mass is 317 g/mol. The molecule has 2 amide bonds. The molecule has 0 spiro atoms. The van der Waals surface area contributed by atoms with Crippen LogP contribution in [-0.4, -0.2) is 36.1 Å². The van der Waals surface area contributed by atoms with Gasteiger partial charge < -0.3 is 4.84 Å². The summed E-state index contributed by atoms with van der Waals surface area (Å²) in [5, 5.41) is 3.73. The van der Waals surface area contributed by atoms with Crippen LogP contribution in [-0.2, 0) is 14.4 Å². The van der Waals surface area contributed by atoms with Gasteiger partial charge in [-0.05, 0) is 25.3 Å². The van der Waals surface area contributed by atoms with E-state index < -0.39 is 0 Å². The Balaban J connectivity index is 1.51. The molecule has 0 saturated heterocycles. The molecule has 0 aliphatic carbocycles. The summed E-state index contributed by atoms with van der Waals surface area (Å²) in [5.74, 6) is -0.804. The first-order valence-corrected chi connectivity index (χ1v) is 7.62. The fraction of sp³-hybridized carbons (Fsp3) is 0.353. The highest BCUT2D eigenvalue weighted by Crippen LogP contribution is 2.08. The summed E-state index contributed by atoms with van der Waals surface area (Å²) in [4.78, 5) is 29.0. The van der Waals surface area contributed by atoms with E-state index in [9.17, 15) is 14.0 Å². The highest BCUT2D eigenvalue weighted by atomic mass is 18.2. The minimum absolute atomic E-state index is 0.235. The molecule has 1 aromatic carbocycles. The zero-order chi connectivity index (χ0) is 16.5. The van der Waals surface area contributed by atoms with Crippen molar-refractivity contribution < 1.29 is 18.8 Å². The first kappa shape index (κ1) is 16.9. The normalized spacial score (nSPS) is 14.2. The second kappa shape index (κ2) is 8.82. The summed E-state index contributed by atoms with van der Waals surface area (Å²) < 4.78 is 13.3. The molecule has 0 bridgehead atoms. The first-order valence-electron chi connectivity index (χ1n) is 7.62. The Morgan fingerprint density at radius 1 is 1.04 bits per heavy atom. The quantitative estimate of drug-likeness (QED) is 0.304. The van der Waals surface area contributed by atoms with Crippen LogP contribution in [0.4, 0.5) is 4.39 Å². The maximum Gasteiger partial charge on any atom is 0.253 e. The van der Waals surface area contributed by atoms with Gasteiger partial charge >= 0.3 is 0 Å². The molecule has 0 aromatic heterocycles. The number of oxime groups is 1. The molecule has 122 valence electrons. The van der Waals surface area contributed by atoms with Gasteiger partial charge in [-0.25, -0.2) is 4.39 Å². The number of hydrogen-bond acceptors (Lipinski definition) is 4. The van der Waals surface area contributed by atoms with Crippen LogP contribution in [0.15, 0.2) is 41.6 Å². The van der Waals surface area contributed by atoms with E-state index in [4.69, 9.17) is 4.84 Å². The Hall–Kier alpha value is -2.50. The summed E-state index contributed by atoms with van der Waals surface area (Å²) >= 11 is 0. The molecule has 0 radical (unpaired) electrons. The Morgan fingerprint density at radius 3 is 2.48 bits per heavy atom. The van der Waals surface area contributed by atoms with E-state index >= 15 is 0 Å². The maximum atomic E-state index is 13.3. The smallest absolute Gasteiger partial charge is 0.253 e. The first-order chi connectivity index (χ1) is 11.2. The number of carbonyl (C=O) groups is 2. The summed E-state index contributed by atoms with van der Waals surface area (Å²) in [6, 6.07) is 6.34. The molecule has 1 heterocycles. The second-order valence-corrected chi connectivity index (χ2v) is 5.16. The van der Waals surface area contributed by atoms with Crippen LogP contribution >= 0.6 is 0 Å². The Labute approximate surface area is 134 Å². The number of amides is 2. The van der Waals surface area contributed by atoms with Crippen LogP contribution in [0.25, 0.3) is 0 Å². The Morgan fingerprint density at radius 2 is 1.74 bits per heavy atom. The molecular weight excluding hydrogens is 298 g/mol. The molecule has 5 nitrogen and oxygen atoms in total. The third kappa shape index (κ3) is 5.32. The van der Waals surface area contributed by atoms with Crippen molar-refractivity contribution >= 4 is 18.0 Å². The van der Waals surface area contributed by atoms with Crippen LogP contribution in [0, 0.1) is 5.82 Å². The Bertz CT molecular complexity index is 596. The van der Waals surface area contributed by atoms with Crippen LogP contribution in [0.3, 0.4) is 0 Å². The average molecular weight is 317 g/mol. The summed E-state index contributed by atoms with van der Waals surface area (Å²) in [6.45, 7) is 0.908. The lowest BCUT2D eigenvalue weighted by Crippen LogP contribution is -2.30. The van der Waals surface area contributed by atoms with Crippen LogP contribution in [0.1, 0.15) is 31.2 Å². The van der Waals surface area contributed by atoms with Crippen LogP contribution in [0.2, 0.25) is 0 Å². The van der Waals surface area contributed by atoms with Crippen molar-refractivity contribution in [1.29, 1.82) is 0 Å². The molecule has 0 unspecified atom stereocenters. The number of benzene rings is 1. The average Bonchev–Trinajstić information content (AvgIpc) is 2.86. The summed E-state index contributed by atoms with van der Waals surface area (Å²) in [5.41, 5.74) is 0.390. The highest BCUT2D eigenvalue weighted by molar-refractivity contribution is 6.12. The van der Waals surface area contributed by atoms with Gasteiger partial charge in [0.15, 0.2) is 0 Å². The van der Waals surface area contributed by atoms with E-state index in [1.165, 1.54) is 29.3 Å². The van der Waals surface area contributed by atoms with Gasteiger partial charge in [0.25, 0.3) is 11.8 Å². The molecule has 1 aliphatic rings. The molecule has 23 heavy (non-hydrogen) atoms. The second-order valence-electron chi connectivity index (χ2n) is 5.16. The van der Waals surface area contributed by atoms with E-state index in [0.717, 1.165) is 25.7 Å². The zero-order valence-corrected chi connectivity index (χ0v) is 12.8. The van der Waals surface area contributed by atoms with Gasteiger partial charge in [0.2, 0.25) is 0 Å². The maximum absolute atomic E-state index is 13.3. The fourth-order valence-corrected chi connectivity index (χ4v) is 2.17. The minimum atomic E-state index is -0.333. The highest BCUT2D eigenvalue weighted by Gasteiger charge is 2.21. The number of halogens is 1. The zero-order valence-electron chi connectivity index (χ0n) is 12.8. The molecule has 0 atom stereocenters. The lowest BCUT2D eigenvalue weighted by molar-refractivity contribution is -0.136. The molecule has 0 fully saturated rings. The SMILES string of the molecule is O=C1C=CC(=O)N1CCCCCCON=Cc1ccccc1[18F]. The Kier molecular flexibility index (Phi) is 6.47. The van der Waals surface area contributed by atoms with Crippen molar-refractivity contribution in [2.45, 2.75) is 25.7 Å². The number of imide groups is 1. The van der Waals surface area contributed by atoms with Gasteiger partial charge in [0.1, 0.15) is 12.4 Å². The van der Waals surface area contributed by atoms with E-state index in [1.54, 1.807) is 18.2 Å². The van der Waals surface area contributed by atoms with Gasteiger partial charge in [-0.3, -0.25) is 14.5 Å². The molecular formula is C17H19FN2O3. The largest absolute Gasteiger partial charge is 0.396 e. The minimum Gasteiger partial charge on any atom is -0.396 e. The van der Waals surface area contributed by atoms with E-state index in [0.29, 0.717) is 18.7 Å². The molecule has 0 N–H and O–H groups in total. The van der Waals surface area contributed by atoms with Crippen molar-refractivity contribution in [3.05, 3.63) is 47.8 Å². The number of nitrogens with zero attached hydrogens (tertiary/aromatic N) is 2. The fourth-order valence-electron chi connectivity index (χ4n) is 2.17. The van der Waals surface area contributed by atoms with E-state index in [2.05, 4.69) is 5.16 Å². The summed E-state index contributed by atoms with van der Waals surface area (Å²) in [7, 11) is 0. The summed E-state index contributed by atoms with van der Waals surface area (Å²) in [6.07, 6.45) is 7.35. The van der Waals surface area contributed by atoms with Gasteiger partial charge in [0, 0.05) is 24.3 Å². The molecule has 1 aromatic rings.